The molecule has 0 saturated carbocycles. The third-order valence-corrected chi connectivity index (χ3v) is 20.4. The predicted octanol–water partition coefficient (Wildman–Crippen LogP) is 13.9. The number of esters is 1. The number of nitrogens with one attached hydrogen (secondary N) is 8. The van der Waals surface area contributed by atoms with Crippen molar-refractivity contribution < 1.29 is 91.4 Å². The molecule has 0 spiro atoms. The van der Waals surface area contributed by atoms with Crippen LogP contribution in [-0.4, -0.2) is 189 Å². The smallest absolute Gasteiger partial charge is 0.408 e. The number of alkyl carbamates (subject to hydrolysis) is 4. The normalized spacial score (nSPS) is 14.2. The molecule has 2 aromatic heterocycles. The summed E-state index contributed by atoms with van der Waals surface area (Å²) in [7, 11) is 2.43. The molecule has 708 valence electrons. The molecule has 10 N–H and O–H groups in total. The van der Waals surface area contributed by atoms with Gasteiger partial charge in [-0.25, -0.2) is 38.8 Å². The van der Waals surface area contributed by atoms with Gasteiger partial charge in [0.2, 0.25) is 11.8 Å². The largest absolute Gasteiger partial charge is 0.480 e. The van der Waals surface area contributed by atoms with Crippen molar-refractivity contribution in [3.8, 4) is 22.5 Å². The monoisotopic (exact) mass is 1790 g/mol. The molecule has 0 radical (unpaired) electrons. The number of pyridine rings is 2. The SMILES string of the molecule is CC(C)C(NC(=O)OC(C)(C)C)C(=O)O.COC(=O)N[C@@H](C(=O)NN(Cc1ccc(-c2ccccn2)cc1)C[C@H](O)C(Cc1ccccc1)NC(=O)[C@H](CC(C)=O)C(C)(C)C)C(C)(C)C.COC(=O)N[C@@H](C(=O)NN(Cc1ccc(-c2ccccn2)cc1)C[C@H](OC(=O)C(NC(=O)OC(C)(C)C)C(C)C)C(Cc1ccccc1)NC(=O)[C@H](CC(C)=O)C(C)(C)C)C(C)(C)C. The van der Waals surface area contributed by atoms with E-state index in [2.05, 4.69) is 52.7 Å². The number of carboxylic acids is 1. The molecule has 129 heavy (non-hydrogen) atoms. The Labute approximate surface area is 761 Å². The number of ketones is 2. The molecule has 0 aliphatic rings. The second kappa shape index (κ2) is 50.3. The molecule has 6 aromatic rings. The minimum Gasteiger partial charge on any atom is -0.480 e. The number of hydrazine groups is 2. The van der Waals surface area contributed by atoms with Crippen molar-refractivity contribution in [2.45, 2.75) is 265 Å². The first-order valence-electron chi connectivity index (χ1n) is 43.5. The van der Waals surface area contributed by atoms with Crippen molar-refractivity contribution in [2.75, 3.05) is 27.3 Å². The maximum atomic E-state index is 14.5. The third-order valence-electron chi connectivity index (χ3n) is 20.4. The second-order valence-corrected chi connectivity index (χ2v) is 39.3. The molecule has 0 fully saturated rings. The molecule has 4 unspecified atom stereocenters. The van der Waals surface area contributed by atoms with Gasteiger partial charge in [-0.2, -0.15) is 0 Å². The average molecular weight is 1790 g/mol. The number of ether oxygens (including phenoxy) is 5. The topological polar surface area (TPSA) is 420 Å². The molecule has 0 aliphatic carbocycles. The molecule has 0 bridgehead atoms. The van der Waals surface area contributed by atoms with Gasteiger partial charge in [0.1, 0.15) is 53.0 Å². The first kappa shape index (κ1) is 110. The van der Waals surface area contributed by atoms with Crippen LogP contribution < -0.4 is 42.8 Å². The lowest BCUT2D eigenvalue weighted by atomic mass is 9.77. The van der Waals surface area contributed by atoms with Gasteiger partial charge < -0.3 is 75.4 Å². The van der Waals surface area contributed by atoms with Crippen molar-refractivity contribution >= 4 is 71.5 Å². The van der Waals surface area contributed by atoms with E-state index in [1.165, 1.54) is 28.1 Å². The number of Topliss-reactive ketones (excluding diaryl/α,β-unsaturated/α-hetero) is 2. The molecular weight excluding hydrogens is 1650 g/mol. The zero-order chi connectivity index (χ0) is 97.3. The zero-order valence-electron chi connectivity index (χ0n) is 80.2. The van der Waals surface area contributed by atoms with Crippen LogP contribution in [0.2, 0.25) is 0 Å². The van der Waals surface area contributed by atoms with Gasteiger partial charge in [0.15, 0.2) is 0 Å². The van der Waals surface area contributed by atoms with Crippen LogP contribution in [0.5, 0.6) is 0 Å². The second-order valence-electron chi connectivity index (χ2n) is 39.3. The molecule has 8 amide bonds. The van der Waals surface area contributed by atoms with E-state index in [0.29, 0.717) is 6.42 Å². The molecule has 6 rings (SSSR count). The van der Waals surface area contributed by atoms with Gasteiger partial charge in [-0.15, -0.1) is 0 Å². The Balaban J connectivity index is 0.000000474. The number of carboxylic acid groups (broad SMARTS) is 1. The van der Waals surface area contributed by atoms with Crippen LogP contribution in [0.25, 0.3) is 22.5 Å². The Morgan fingerprint density at radius 3 is 1.06 bits per heavy atom. The van der Waals surface area contributed by atoms with Gasteiger partial charge in [-0.05, 0) is 148 Å². The molecule has 10 atom stereocenters. The summed E-state index contributed by atoms with van der Waals surface area (Å²) >= 11 is 0. The van der Waals surface area contributed by atoms with Crippen LogP contribution in [0.3, 0.4) is 0 Å². The maximum absolute atomic E-state index is 14.5. The van der Waals surface area contributed by atoms with E-state index in [1.54, 1.807) is 112 Å². The van der Waals surface area contributed by atoms with E-state index >= 15 is 0 Å². The van der Waals surface area contributed by atoms with E-state index in [0.717, 1.165) is 44.8 Å². The standard InChI is InChI=1S/C49H70N6O9.C39H53N5O6.C10H19NO4/c1-31(2)40(52-46(61)64-49(10,11)12)44(59)63-39(38(28-33-19-15-14-16-20-33)51-42(57)36(27-32(3)56)47(4,5)6)30-55(54-43(58)41(48(7,8)9)53-45(60)62-13)29-34-22-24-35(25-23-34)37-21-17-18-26-50-37;1-26(45)22-30(38(2,3)4)35(47)41-32(23-27-14-10-9-11-15-27)33(46)25-44(43-36(48)34(39(5,6)7)42-37(49)50-8)24-28-17-19-29(20-18-28)31-16-12-13-21-40-31;1-6(2)7(8(12)13)11-9(14)15-10(3,4)5/h14-26,31,36,38-41H,27-30H2,1-13H3,(H,51,57)(H,52,61)(H,53,60)(H,54,58);9-21,30,32-34,46H,22-25H2,1-8H3,(H,41,47)(H,42,49)(H,43,48);6-7H,1-5H3,(H,11,14)(H,12,13)/t36-,38?,39-,40?,41-;30-,32?,33-,34-;/m00./s1. The van der Waals surface area contributed by atoms with E-state index in [9.17, 15) is 62.6 Å². The van der Waals surface area contributed by atoms with Crippen molar-refractivity contribution in [2.24, 2.45) is 45.3 Å². The number of benzene rings is 4. The van der Waals surface area contributed by atoms with E-state index in [1.807, 2.05) is 208 Å². The lowest BCUT2D eigenvalue weighted by Gasteiger charge is -2.37. The summed E-state index contributed by atoms with van der Waals surface area (Å²) < 4.78 is 26.5. The quantitative estimate of drug-likeness (QED) is 0.00983. The minimum atomic E-state index is -1.20. The lowest BCUT2D eigenvalue weighted by Crippen LogP contribution is -2.60. The first-order valence-corrected chi connectivity index (χ1v) is 43.5. The minimum absolute atomic E-state index is 0.0227. The van der Waals surface area contributed by atoms with E-state index in [4.69, 9.17) is 28.8 Å². The molecular formula is C98H142N12O19. The fourth-order valence-corrected chi connectivity index (χ4v) is 13.5. The van der Waals surface area contributed by atoms with Crippen LogP contribution in [-0.2, 0) is 88.0 Å². The summed E-state index contributed by atoms with van der Waals surface area (Å²) in [6, 6.07) is 39.5. The predicted molar refractivity (Wildman–Crippen MR) is 494 cm³/mol. The van der Waals surface area contributed by atoms with Crippen molar-refractivity contribution in [3.05, 3.63) is 180 Å². The van der Waals surface area contributed by atoms with Gasteiger partial charge in [0.25, 0.3) is 11.8 Å². The summed E-state index contributed by atoms with van der Waals surface area (Å²) in [6.07, 6.45) is -1.49. The number of methoxy groups -OCH3 is 2. The van der Waals surface area contributed by atoms with Crippen molar-refractivity contribution in [1.29, 1.82) is 0 Å². The number of carbonyl (C=O) groups excluding carboxylic acids is 11. The average Bonchev–Trinajstić information content (AvgIpc) is 0.834. The van der Waals surface area contributed by atoms with Crippen LogP contribution in [0.15, 0.2) is 158 Å². The summed E-state index contributed by atoms with van der Waals surface area (Å²) in [5.74, 6) is -5.98. The summed E-state index contributed by atoms with van der Waals surface area (Å²) in [5, 5.41) is 40.3. The van der Waals surface area contributed by atoms with Crippen molar-refractivity contribution in [3.63, 3.8) is 0 Å². The number of aliphatic carboxylic acids is 1. The number of aromatic nitrogens is 2. The molecule has 2 heterocycles. The van der Waals surface area contributed by atoms with Gasteiger partial charge in [0, 0.05) is 67.8 Å². The molecule has 4 aromatic carbocycles. The molecule has 31 heteroatoms. The summed E-state index contributed by atoms with van der Waals surface area (Å²) in [6.45, 7) is 42.3. The van der Waals surface area contributed by atoms with Gasteiger partial charge in [0.05, 0.1) is 50.3 Å². The zero-order valence-corrected chi connectivity index (χ0v) is 80.2. The number of nitrogens with zero attached hydrogens (tertiary/aromatic N) is 4. The Kier molecular flexibility index (Phi) is 42.8. The Morgan fingerprint density at radius 2 is 0.744 bits per heavy atom. The Hall–Kier alpha value is -11.7. The van der Waals surface area contributed by atoms with Crippen LogP contribution >= 0.6 is 0 Å². The Bertz CT molecular complexity index is 4580. The fourth-order valence-electron chi connectivity index (χ4n) is 13.5. The number of carbonyl (C=O) groups is 12. The highest BCUT2D eigenvalue weighted by Crippen LogP contribution is 2.33. The number of hydrogen-bond donors (Lipinski definition) is 10. The van der Waals surface area contributed by atoms with Gasteiger partial charge in [-0.3, -0.25) is 40.0 Å². The highest BCUT2D eigenvalue weighted by molar-refractivity contribution is 5.89. The molecule has 0 saturated heterocycles. The number of aliphatic hydroxyl groups is 1. The van der Waals surface area contributed by atoms with Gasteiger partial charge >= 0.3 is 36.3 Å². The first-order chi connectivity index (χ1) is 59.9. The number of amides is 8. The van der Waals surface area contributed by atoms with E-state index in [-0.39, 0.29) is 68.8 Å². The lowest BCUT2D eigenvalue weighted by molar-refractivity contribution is -0.158. The molecule has 0 aliphatic heterocycles. The fraction of sp³-hybridized carbons (Fsp3) is 0.531. The third kappa shape index (κ3) is 40.2. The maximum Gasteiger partial charge on any atom is 0.408 e. The van der Waals surface area contributed by atoms with E-state index < -0.39 is 153 Å². The van der Waals surface area contributed by atoms with Crippen LogP contribution in [0, 0.1) is 45.3 Å². The summed E-state index contributed by atoms with van der Waals surface area (Å²) in [5.41, 5.74) is 8.47. The number of hydrogen-bond acceptors (Lipinski definition) is 22. The molecule has 31 nitrogen and oxygen atoms in total. The Morgan fingerprint density at radius 1 is 0.395 bits per heavy atom. The highest BCUT2D eigenvalue weighted by atomic mass is 16.6. The van der Waals surface area contributed by atoms with Gasteiger partial charge in [-0.1, -0.05) is 232 Å². The summed E-state index contributed by atoms with van der Waals surface area (Å²) in [4.78, 5) is 164. The van der Waals surface area contributed by atoms with Crippen LogP contribution in [0.4, 0.5) is 19.2 Å². The highest BCUT2D eigenvalue weighted by Gasteiger charge is 2.42. The number of aliphatic hydroxyl groups excluding tert-OH is 1. The van der Waals surface area contributed by atoms with Crippen LogP contribution in [0.1, 0.15) is 201 Å². The van der Waals surface area contributed by atoms with Crippen molar-refractivity contribution in [1.82, 2.24) is 62.7 Å². The number of rotatable bonds is 37.